The maximum absolute atomic E-state index is 13.0. The molecule has 1 heterocycles. The van der Waals surface area contributed by atoms with Crippen LogP contribution in [-0.4, -0.2) is 41.5 Å². The molecular formula is C24H25FN2O5S. The van der Waals surface area contributed by atoms with Gasteiger partial charge in [-0.25, -0.2) is 9.18 Å². The number of hydrogen-bond acceptors (Lipinski definition) is 6. The quantitative estimate of drug-likeness (QED) is 0.351. The summed E-state index contributed by atoms with van der Waals surface area (Å²) in [5.74, 6) is -1.80. The van der Waals surface area contributed by atoms with Crippen LogP contribution in [0.5, 0.6) is 5.75 Å². The van der Waals surface area contributed by atoms with Gasteiger partial charge in [0.25, 0.3) is 0 Å². The molecule has 33 heavy (non-hydrogen) atoms. The van der Waals surface area contributed by atoms with Crippen LogP contribution < -0.4 is 10.1 Å². The topological polar surface area (TPSA) is 105 Å². The van der Waals surface area contributed by atoms with Crippen LogP contribution in [0, 0.1) is 5.82 Å². The van der Waals surface area contributed by atoms with Crippen LogP contribution in [0.3, 0.4) is 0 Å². The van der Waals surface area contributed by atoms with Crippen molar-refractivity contribution < 1.29 is 28.6 Å². The molecule has 1 atom stereocenters. The Bertz CT molecular complexity index is 1050. The van der Waals surface area contributed by atoms with Crippen molar-refractivity contribution in [2.24, 2.45) is 4.99 Å². The SMILES string of the molecule is CCC/C=C1/NC(=O)C(CC(=O)O)S1.CN=Cc1cccc(OC(=O)c2cccc(F)c2)c1. The smallest absolute Gasteiger partial charge is 0.343 e. The van der Waals surface area contributed by atoms with Crippen LogP contribution in [0.4, 0.5) is 4.39 Å². The molecule has 3 rings (SSSR count). The molecule has 0 radical (unpaired) electrons. The molecule has 174 valence electrons. The zero-order valence-corrected chi connectivity index (χ0v) is 19.1. The number of aliphatic imine (C=N–C) groups is 1. The van der Waals surface area contributed by atoms with Crippen molar-refractivity contribution >= 4 is 35.8 Å². The van der Waals surface area contributed by atoms with E-state index >= 15 is 0 Å². The van der Waals surface area contributed by atoms with Gasteiger partial charge in [0, 0.05) is 13.3 Å². The van der Waals surface area contributed by atoms with Crippen LogP contribution in [0.15, 0.2) is 64.6 Å². The van der Waals surface area contributed by atoms with E-state index < -0.39 is 23.0 Å². The second-order valence-electron chi connectivity index (χ2n) is 6.91. The predicted molar refractivity (Wildman–Crippen MR) is 126 cm³/mol. The Morgan fingerprint density at radius 2 is 2.00 bits per heavy atom. The molecule has 1 saturated heterocycles. The number of rotatable bonds is 7. The van der Waals surface area contributed by atoms with E-state index in [1.165, 1.54) is 30.0 Å². The normalized spacial score (nSPS) is 16.3. The molecule has 0 bridgehead atoms. The lowest BCUT2D eigenvalue weighted by atomic mass is 10.2. The molecule has 0 aromatic heterocycles. The third-order valence-electron chi connectivity index (χ3n) is 4.19. The fourth-order valence-corrected chi connectivity index (χ4v) is 3.77. The Morgan fingerprint density at radius 1 is 1.24 bits per heavy atom. The van der Waals surface area contributed by atoms with E-state index in [2.05, 4.69) is 10.3 Å². The number of aliphatic carboxylic acids is 1. The number of nitrogens with zero attached hydrogens (tertiary/aromatic N) is 1. The fourth-order valence-electron chi connectivity index (χ4n) is 2.69. The van der Waals surface area contributed by atoms with Crippen LogP contribution in [-0.2, 0) is 9.59 Å². The highest BCUT2D eigenvalue weighted by Gasteiger charge is 2.30. The highest BCUT2D eigenvalue weighted by molar-refractivity contribution is 8.04. The number of carboxylic acids is 1. The molecule has 1 unspecified atom stereocenters. The zero-order valence-electron chi connectivity index (χ0n) is 18.3. The van der Waals surface area contributed by atoms with Crippen LogP contribution in [0.25, 0.3) is 0 Å². The molecule has 1 fully saturated rings. The van der Waals surface area contributed by atoms with Gasteiger partial charge in [-0.1, -0.05) is 49.4 Å². The third kappa shape index (κ3) is 8.89. The average Bonchev–Trinajstić information content (AvgIpc) is 3.11. The lowest BCUT2D eigenvalue weighted by Crippen LogP contribution is -2.24. The van der Waals surface area contributed by atoms with Crippen molar-refractivity contribution in [2.75, 3.05) is 7.05 Å². The van der Waals surface area contributed by atoms with Crippen molar-refractivity contribution in [3.05, 3.63) is 76.6 Å². The van der Waals surface area contributed by atoms with E-state index in [1.807, 2.05) is 19.1 Å². The van der Waals surface area contributed by atoms with Gasteiger partial charge >= 0.3 is 11.9 Å². The molecule has 2 N–H and O–H groups in total. The summed E-state index contributed by atoms with van der Waals surface area (Å²) in [6.07, 6.45) is 5.40. The number of amides is 1. The highest BCUT2D eigenvalue weighted by Crippen LogP contribution is 2.29. The second kappa shape index (κ2) is 13.2. The number of carbonyl (C=O) groups excluding carboxylic acids is 2. The van der Waals surface area contributed by atoms with Gasteiger partial charge in [-0.05, 0) is 42.3 Å². The summed E-state index contributed by atoms with van der Waals surface area (Å²) in [4.78, 5) is 37.3. The molecule has 0 spiro atoms. The molecule has 2 aromatic rings. The van der Waals surface area contributed by atoms with E-state index in [0.29, 0.717) is 5.75 Å². The largest absolute Gasteiger partial charge is 0.481 e. The molecule has 1 amide bonds. The average molecular weight is 473 g/mol. The molecule has 0 saturated carbocycles. The number of thioether (sulfide) groups is 1. The first kappa shape index (κ1) is 25.8. The molecule has 1 aliphatic heterocycles. The summed E-state index contributed by atoms with van der Waals surface area (Å²) < 4.78 is 18.2. The first-order valence-electron chi connectivity index (χ1n) is 10.2. The summed E-state index contributed by atoms with van der Waals surface area (Å²) >= 11 is 1.31. The Morgan fingerprint density at radius 3 is 2.67 bits per heavy atom. The van der Waals surface area contributed by atoms with Gasteiger partial charge in [-0.15, -0.1) is 0 Å². The summed E-state index contributed by atoms with van der Waals surface area (Å²) in [5, 5.41) is 11.5. The summed E-state index contributed by atoms with van der Waals surface area (Å²) in [7, 11) is 1.66. The Balaban J connectivity index is 0.000000245. The van der Waals surface area contributed by atoms with Gasteiger partial charge in [-0.3, -0.25) is 14.6 Å². The lowest BCUT2D eigenvalue weighted by molar-refractivity contribution is -0.138. The standard InChI is InChI=1S/C15H12FNO2.C9H13NO3S/c1-17-10-11-4-2-7-14(8-11)19-15(18)12-5-3-6-13(16)9-12;1-2-3-4-7-10-9(13)6(14-7)5-8(11)12/h2-10H,1H3;4,6H,2-3,5H2,1H3,(H,10,13)(H,11,12)/b;7-4-. The third-order valence-corrected chi connectivity index (χ3v) is 5.38. The lowest BCUT2D eigenvalue weighted by Gasteiger charge is -2.05. The van der Waals surface area contributed by atoms with Crippen LogP contribution in [0.2, 0.25) is 0 Å². The van der Waals surface area contributed by atoms with E-state index in [-0.39, 0.29) is 17.9 Å². The fraction of sp³-hybridized carbons (Fsp3) is 0.250. The minimum atomic E-state index is -0.936. The Labute approximate surface area is 195 Å². The first-order chi connectivity index (χ1) is 15.8. The first-order valence-corrected chi connectivity index (χ1v) is 11.1. The molecule has 7 nitrogen and oxygen atoms in total. The van der Waals surface area contributed by atoms with Gasteiger partial charge in [0.2, 0.25) is 5.91 Å². The highest BCUT2D eigenvalue weighted by atomic mass is 32.2. The number of unbranched alkanes of at least 4 members (excludes halogenated alkanes) is 1. The minimum absolute atomic E-state index is 0.111. The maximum atomic E-state index is 13.0. The second-order valence-corrected chi connectivity index (χ2v) is 8.15. The number of nitrogens with one attached hydrogen (secondary N) is 1. The summed E-state index contributed by atoms with van der Waals surface area (Å²) in [6.45, 7) is 2.05. The Hall–Kier alpha value is -3.46. The Kier molecular flexibility index (Phi) is 10.3. The molecule has 9 heteroatoms. The van der Waals surface area contributed by atoms with Gasteiger partial charge < -0.3 is 15.2 Å². The number of allylic oxidation sites excluding steroid dienone is 1. The van der Waals surface area contributed by atoms with E-state index in [9.17, 15) is 18.8 Å². The van der Waals surface area contributed by atoms with Gasteiger partial charge in [0.05, 0.1) is 17.0 Å². The number of esters is 1. The predicted octanol–water partition coefficient (Wildman–Crippen LogP) is 4.43. The molecular weight excluding hydrogens is 447 g/mol. The number of carboxylic acid groups (broad SMARTS) is 1. The number of halogens is 1. The number of carbonyl (C=O) groups is 3. The summed E-state index contributed by atoms with van der Waals surface area (Å²) in [6, 6.07) is 12.3. The minimum Gasteiger partial charge on any atom is -0.481 e. The van der Waals surface area contributed by atoms with E-state index in [4.69, 9.17) is 9.84 Å². The molecule has 2 aromatic carbocycles. The van der Waals surface area contributed by atoms with Crippen molar-refractivity contribution in [2.45, 2.75) is 31.4 Å². The van der Waals surface area contributed by atoms with E-state index in [0.717, 1.165) is 29.5 Å². The molecule has 1 aliphatic rings. The van der Waals surface area contributed by atoms with Crippen molar-refractivity contribution in [3.8, 4) is 5.75 Å². The number of benzene rings is 2. The maximum Gasteiger partial charge on any atom is 0.343 e. The molecule has 0 aliphatic carbocycles. The number of ether oxygens (including phenoxy) is 1. The zero-order chi connectivity index (χ0) is 24.2. The van der Waals surface area contributed by atoms with Crippen molar-refractivity contribution in [3.63, 3.8) is 0 Å². The van der Waals surface area contributed by atoms with E-state index in [1.54, 1.807) is 31.5 Å². The number of hydrogen-bond donors (Lipinski definition) is 2. The van der Waals surface area contributed by atoms with Gasteiger partial charge in [0.15, 0.2) is 0 Å². The van der Waals surface area contributed by atoms with Crippen molar-refractivity contribution in [1.29, 1.82) is 0 Å². The van der Waals surface area contributed by atoms with Gasteiger partial charge in [0.1, 0.15) is 16.8 Å². The monoisotopic (exact) mass is 472 g/mol. The summed E-state index contributed by atoms with van der Waals surface area (Å²) in [5.41, 5.74) is 1.00. The van der Waals surface area contributed by atoms with Crippen LogP contribution >= 0.6 is 11.8 Å². The van der Waals surface area contributed by atoms with Crippen LogP contribution in [0.1, 0.15) is 42.1 Å². The van der Waals surface area contributed by atoms with Crippen molar-refractivity contribution in [1.82, 2.24) is 5.32 Å². The van der Waals surface area contributed by atoms with Gasteiger partial charge in [-0.2, -0.15) is 0 Å².